The average Bonchev–Trinajstić information content (AvgIpc) is 2.90. The van der Waals surface area contributed by atoms with Gasteiger partial charge in [-0.15, -0.1) is 11.3 Å². The Morgan fingerprint density at radius 3 is 2.64 bits per heavy atom. The zero-order valence-corrected chi connectivity index (χ0v) is 14.2. The van der Waals surface area contributed by atoms with Gasteiger partial charge in [-0.05, 0) is 36.9 Å². The number of rotatable bonds is 2. The predicted octanol–water partition coefficient (Wildman–Crippen LogP) is 4.45. The first-order valence-corrected chi connectivity index (χ1v) is 8.95. The second-order valence-electron chi connectivity index (χ2n) is 6.93. The van der Waals surface area contributed by atoms with E-state index in [1.165, 1.54) is 34.5 Å². The predicted molar refractivity (Wildman–Crippen MR) is 92.3 cm³/mol. The van der Waals surface area contributed by atoms with Crippen LogP contribution in [0.15, 0.2) is 24.3 Å². The lowest BCUT2D eigenvalue weighted by Gasteiger charge is -2.49. The average molecular weight is 313 g/mol. The molecule has 3 atom stereocenters. The molecular weight excluding hydrogens is 290 g/mol. The molecule has 4 heteroatoms. The first-order valence-electron chi connectivity index (χ1n) is 8.14. The topological polar surface area (TPSA) is 42.1 Å². The Labute approximate surface area is 136 Å². The third-order valence-electron chi connectivity index (χ3n) is 5.36. The van der Waals surface area contributed by atoms with Gasteiger partial charge < -0.3 is 5.73 Å². The third-order valence-corrected chi connectivity index (χ3v) is 6.36. The smallest absolute Gasteiger partial charge is 0.180 e. The summed E-state index contributed by atoms with van der Waals surface area (Å²) in [6.07, 6.45) is 2.46. The Bertz CT molecular complexity index is 689. The molecule has 3 unspecified atom stereocenters. The quantitative estimate of drug-likeness (QED) is 0.890. The summed E-state index contributed by atoms with van der Waals surface area (Å²) in [7, 11) is 2.26. The number of anilines is 1. The Kier molecular flexibility index (Phi) is 3.27. The maximum absolute atomic E-state index is 5.98. The highest BCUT2D eigenvalue weighted by Gasteiger charge is 2.46. The third kappa shape index (κ3) is 2.01. The highest BCUT2D eigenvalue weighted by atomic mass is 32.1. The monoisotopic (exact) mass is 313 g/mol. The molecule has 5 rings (SSSR count). The van der Waals surface area contributed by atoms with Crippen molar-refractivity contribution in [3.8, 4) is 0 Å². The molecule has 3 aliphatic rings. The maximum atomic E-state index is 5.98. The number of hydrogen-bond acceptors (Lipinski definition) is 4. The van der Waals surface area contributed by atoms with Crippen LogP contribution in [0, 0.1) is 0 Å². The Balaban J connectivity index is 1.74. The summed E-state index contributed by atoms with van der Waals surface area (Å²) >= 11 is 1.69. The van der Waals surface area contributed by atoms with Crippen LogP contribution in [0.2, 0.25) is 0 Å². The van der Waals surface area contributed by atoms with Crippen molar-refractivity contribution >= 4 is 16.5 Å². The molecule has 1 fully saturated rings. The summed E-state index contributed by atoms with van der Waals surface area (Å²) in [5.41, 5.74) is 10.1. The highest BCUT2D eigenvalue weighted by molar-refractivity contribution is 7.15. The number of benzene rings is 1. The second kappa shape index (κ2) is 5.07. The fraction of sp³-hybridized carbons (Fsp3) is 0.500. The van der Waals surface area contributed by atoms with Gasteiger partial charge in [-0.3, -0.25) is 4.90 Å². The summed E-state index contributed by atoms with van der Waals surface area (Å²) in [5.74, 6) is 1.07. The summed E-state index contributed by atoms with van der Waals surface area (Å²) < 4.78 is 0. The van der Waals surface area contributed by atoms with Gasteiger partial charge in [-0.25, -0.2) is 4.98 Å². The van der Waals surface area contributed by atoms with Gasteiger partial charge in [0.25, 0.3) is 0 Å². The van der Waals surface area contributed by atoms with Crippen molar-refractivity contribution in [1.29, 1.82) is 0 Å². The molecule has 3 nitrogen and oxygen atoms in total. The van der Waals surface area contributed by atoms with Crippen molar-refractivity contribution in [2.45, 2.75) is 50.6 Å². The lowest BCUT2D eigenvalue weighted by atomic mass is 9.74. The summed E-state index contributed by atoms with van der Waals surface area (Å²) in [4.78, 5) is 8.61. The molecule has 2 bridgehead atoms. The minimum Gasteiger partial charge on any atom is -0.375 e. The molecule has 3 heterocycles. The second-order valence-corrected chi connectivity index (χ2v) is 8.00. The number of thiazole rings is 1. The first-order chi connectivity index (χ1) is 10.6. The molecule has 0 spiro atoms. The molecule has 1 saturated heterocycles. The van der Waals surface area contributed by atoms with Gasteiger partial charge in [-0.1, -0.05) is 38.1 Å². The van der Waals surface area contributed by atoms with E-state index in [-0.39, 0.29) is 0 Å². The van der Waals surface area contributed by atoms with E-state index in [2.05, 4.69) is 55.0 Å². The number of likely N-dealkylation sites (N-methyl/N-ethyl adjacent to an activating group) is 1. The van der Waals surface area contributed by atoms with Gasteiger partial charge in [0.1, 0.15) is 0 Å². The molecule has 2 N–H and O–H groups in total. The van der Waals surface area contributed by atoms with Crippen LogP contribution in [-0.4, -0.2) is 16.9 Å². The summed E-state index contributed by atoms with van der Waals surface area (Å²) in [5, 5.41) is 0.728. The zero-order chi connectivity index (χ0) is 15.4. The van der Waals surface area contributed by atoms with Crippen molar-refractivity contribution in [2.24, 2.45) is 0 Å². The minimum atomic E-state index is 0.439. The zero-order valence-electron chi connectivity index (χ0n) is 13.4. The number of nitrogen functional groups attached to an aromatic ring is 1. The molecule has 116 valence electrons. The Morgan fingerprint density at radius 1 is 1.23 bits per heavy atom. The summed E-state index contributed by atoms with van der Waals surface area (Å²) in [6.45, 7) is 4.49. The van der Waals surface area contributed by atoms with Gasteiger partial charge >= 0.3 is 0 Å². The minimum absolute atomic E-state index is 0.439. The Morgan fingerprint density at radius 2 is 1.95 bits per heavy atom. The number of piperidine rings is 1. The van der Waals surface area contributed by atoms with Gasteiger partial charge in [-0.2, -0.15) is 0 Å². The van der Waals surface area contributed by atoms with Gasteiger partial charge in [0.05, 0.1) is 5.69 Å². The van der Waals surface area contributed by atoms with E-state index < -0.39 is 0 Å². The number of fused-ring (bicyclic) bond motifs is 2. The molecule has 2 aromatic rings. The van der Waals surface area contributed by atoms with E-state index in [1.54, 1.807) is 11.3 Å². The lowest BCUT2D eigenvalue weighted by molar-refractivity contribution is 0.0747. The van der Waals surface area contributed by atoms with E-state index in [0.29, 0.717) is 23.9 Å². The molecule has 1 aromatic carbocycles. The van der Waals surface area contributed by atoms with Crippen molar-refractivity contribution in [2.75, 3.05) is 12.8 Å². The standard InChI is InChI=1S/C18H23N3S/c1-10(2)11-4-6-12(7-5-11)16-13-8-9-14(21(16)3)17-15(13)20-18(19)22-17/h4-7,10,13-14,16H,8-9H2,1-3H3,(H2,19,20). The van der Waals surface area contributed by atoms with Crippen LogP contribution in [-0.2, 0) is 0 Å². The molecule has 0 saturated carbocycles. The molecular formula is C18H23N3S. The van der Waals surface area contributed by atoms with E-state index in [0.717, 1.165) is 5.13 Å². The van der Waals surface area contributed by atoms with Crippen LogP contribution in [0.4, 0.5) is 5.13 Å². The number of nitrogens with two attached hydrogens (primary N) is 1. The number of hydrogen-bond donors (Lipinski definition) is 1. The summed E-state index contributed by atoms with van der Waals surface area (Å²) in [6, 6.07) is 10.1. The van der Waals surface area contributed by atoms with E-state index in [4.69, 9.17) is 5.73 Å². The normalized spacial score (nSPS) is 27.4. The van der Waals surface area contributed by atoms with Gasteiger partial charge in [0, 0.05) is 22.9 Å². The molecule has 0 radical (unpaired) electrons. The van der Waals surface area contributed by atoms with Crippen LogP contribution >= 0.6 is 11.3 Å². The SMILES string of the molecule is CC(C)c1ccc(C2C3CCC(c4sc(N)nc43)N2C)cc1. The maximum Gasteiger partial charge on any atom is 0.180 e. The molecule has 1 aromatic heterocycles. The van der Waals surface area contributed by atoms with Crippen LogP contribution < -0.4 is 5.73 Å². The molecule has 1 aliphatic carbocycles. The lowest BCUT2D eigenvalue weighted by Crippen LogP contribution is -2.42. The van der Waals surface area contributed by atoms with E-state index >= 15 is 0 Å². The number of nitrogens with zero attached hydrogens (tertiary/aromatic N) is 2. The van der Waals surface area contributed by atoms with Crippen molar-refractivity contribution < 1.29 is 0 Å². The van der Waals surface area contributed by atoms with Gasteiger partial charge in [0.2, 0.25) is 0 Å². The van der Waals surface area contributed by atoms with Crippen molar-refractivity contribution in [1.82, 2.24) is 9.88 Å². The van der Waals surface area contributed by atoms with E-state index in [1.807, 2.05) is 0 Å². The fourth-order valence-corrected chi connectivity index (χ4v) is 5.28. The molecule has 0 amide bonds. The molecule has 2 aliphatic heterocycles. The largest absolute Gasteiger partial charge is 0.375 e. The highest BCUT2D eigenvalue weighted by Crippen LogP contribution is 2.56. The van der Waals surface area contributed by atoms with Crippen molar-refractivity contribution in [3.05, 3.63) is 46.0 Å². The van der Waals surface area contributed by atoms with Crippen LogP contribution in [0.5, 0.6) is 0 Å². The van der Waals surface area contributed by atoms with Crippen LogP contribution in [0.25, 0.3) is 0 Å². The number of aromatic nitrogens is 1. The molecule has 22 heavy (non-hydrogen) atoms. The van der Waals surface area contributed by atoms with Crippen LogP contribution in [0.3, 0.4) is 0 Å². The Hall–Kier alpha value is -1.39. The van der Waals surface area contributed by atoms with Crippen LogP contribution in [0.1, 0.15) is 72.3 Å². The van der Waals surface area contributed by atoms with Gasteiger partial charge in [0.15, 0.2) is 5.13 Å². The fourth-order valence-electron chi connectivity index (χ4n) is 4.19. The van der Waals surface area contributed by atoms with Crippen molar-refractivity contribution in [3.63, 3.8) is 0 Å². The first kappa shape index (κ1) is 14.2. The van der Waals surface area contributed by atoms with E-state index in [9.17, 15) is 0 Å².